The van der Waals surface area contributed by atoms with E-state index in [0.717, 1.165) is 17.7 Å². The monoisotopic (exact) mass is 200 g/mol. The molecule has 0 radical (unpaired) electrons. The van der Waals surface area contributed by atoms with Gasteiger partial charge in [0.15, 0.2) is 0 Å². The van der Waals surface area contributed by atoms with Gasteiger partial charge in [0.1, 0.15) is 0 Å². The van der Waals surface area contributed by atoms with Gasteiger partial charge >= 0.3 is 0 Å². The van der Waals surface area contributed by atoms with Crippen molar-refractivity contribution in [2.45, 2.75) is 11.8 Å². The van der Waals surface area contributed by atoms with Gasteiger partial charge in [-0.15, -0.1) is 0 Å². The van der Waals surface area contributed by atoms with E-state index in [-0.39, 0.29) is 5.41 Å². The average Bonchev–Trinajstić information content (AvgIpc) is 2.30. The predicted molar refractivity (Wildman–Crippen MR) is 64.5 cm³/mol. The van der Waals surface area contributed by atoms with Crippen LogP contribution in [0.25, 0.3) is 0 Å². The summed E-state index contributed by atoms with van der Waals surface area (Å²) >= 11 is 0. The molecule has 0 aromatic heterocycles. The SMILES string of the molecule is NCC1(c2ccccc2N)C=CC=CC1. The highest BCUT2D eigenvalue weighted by molar-refractivity contribution is 5.54. The van der Waals surface area contributed by atoms with Crippen molar-refractivity contribution in [1.29, 1.82) is 0 Å². The summed E-state index contributed by atoms with van der Waals surface area (Å²) in [6.45, 7) is 0.585. The highest BCUT2D eigenvalue weighted by Crippen LogP contribution is 2.34. The van der Waals surface area contributed by atoms with Crippen LogP contribution in [0.3, 0.4) is 0 Å². The van der Waals surface area contributed by atoms with Crippen LogP contribution in [0, 0.1) is 0 Å². The molecular weight excluding hydrogens is 184 g/mol. The van der Waals surface area contributed by atoms with E-state index < -0.39 is 0 Å². The summed E-state index contributed by atoms with van der Waals surface area (Å²) in [7, 11) is 0. The van der Waals surface area contributed by atoms with E-state index in [1.165, 1.54) is 0 Å². The van der Waals surface area contributed by atoms with E-state index >= 15 is 0 Å². The summed E-state index contributed by atoms with van der Waals surface area (Å²) in [5.41, 5.74) is 13.7. The minimum Gasteiger partial charge on any atom is -0.398 e. The van der Waals surface area contributed by atoms with Crippen molar-refractivity contribution >= 4 is 5.69 Å². The number of hydrogen-bond acceptors (Lipinski definition) is 2. The molecule has 0 saturated carbocycles. The Labute approximate surface area is 90.3 Å². The molecule has 2 rings (SSSR count). The van der Waals surface area contributed by atoms with Crippen LogP contribution in [0.5, 0.6) is 0 Å². The quantitative estimate of drug-likeness (QED) is 0.717. The van der Waals surface area contributed by atoms with E-state index in [2.05, 4.69) is 18.2 Å². The molecule has 0 aliphatic heterocycles. The van der Waals surface area contributed by atoms with E-state index in [1.807, 2.05) is 30.4 Å². The molecule has 1 aliphatic rings. The van der Waals surface area contributed by atoms with Gasteiger partial charge in [0.25, 0.3) is 0 Å². The lowest BCUT2D eigenvalue weighted by atomic mass is 9.75. The molecule has 15 heavy (non-hydrogen) atoms. The first kappa shape index (κ1) is 9.99. The summed E-state index contributed by atoms with van der Waals surface area (Å²) in [6.07, 6.45) is 9.31. The van der Waals surface area contributed by atoms with Gasteiger partial charge in [-0.25, -0.2) is 0 Å². The third-order valence-corrected chi connectivity index (χ3v) is 3.01. The van der Waals surface area contributed by atoms with Crippen molar-refractivity contribution in [2.24, 2.45) is 5.73 Å². The number of benzene rings is 1. The van der Waals surface area contributed by atoms with Crippen LogP contribution < -0.4 is 11.5 Å². The fourth-order valence-electron chi connectivity index (χ4n) is 2.08. The van der Waals surface area contributed by atoms with E-state index in [4.69, 9.17) is 11.5 Å². The maximum atomic E-state index is 6.00. The molecule has 2 nitrogen and oxygen atoms in total. The molecule has 0 heterocycles. The zero-order valence-corrected chi connectivity index (χ0v) is 8.69. The molecule has 0 fully saturated rings. The molecule has 0 saturated heterocycles. The van der Waals surface area contributed by atoms with Crippen LogP contribution in [0.1, 0.15) is 12.0 Å². The molecule has 0 bridgehead atoms. The van der Waals surface area contributed by atoms with E-state index in [0.29, 0.717) is 6.54 Å². The summed E-state index contributed by atoms with van der Waals surface area (Å²) in [5, 5.41) is 0. The van der Waals surface area contributed by atoms with Gasteiger partial charge in [0.05, 0.1) is 0 Å². The van der Waals surface area contributed by atoms with Crippen LogP contribution >= 0.6 is 0 Å². The smallest absolute Gasteiger partial charge is 0.0356 e. The van der Waals surface area contributed by atoms with Gasteiger partial charge in [0.2, 0.25) is 0 Å². The molecule has 1 unspecified atom stereocenters. The van der Waals surface area contributed by atoms with Gasteiger partial charge in [0, 0.05) is 17.6 Å². The zero-order valence-electron chi connectivity index (χ0n) is 8.69. The molecule has 1 aromatic rings. The van der Waals surface area contributed by atoms with Crippen molar-refractivity contribution < 1.29 is 0 Å². The molecule has 2 heteroatoms. The Morgan fingerprint density at radius 3 is 2.60 bits per heavy atom. The predicted octanol–water partition coefficient (Wildman–Crippen LogP) is 1.98. The lowest BCUT2D eigenvalue weighted by Gasteiger charge is -2.31. The second-order valence-electron chi connectivity index (χ2n) is 3.94. The molecule has 1 aliphatic carbocycles. The Kier molecular flexibility index (Phi) is 2.60. The summed E-state index contributed by atoms with van der Waals surface area (Å²) in [6, 6.07) is 7.95. The molecule has 78 valence electrons. The number of allylic oxidation sites excluding steroid dienone is 3. The van der Waals surface area contributed by atoms with Gasteiger partial charge in [-0.2, -0.15) is 0 Å². The van der Waals surface area contributed by atoms with Crippen LogP contribution in [0.15, 0.2) is 48.6 Å². The highest BCUT2D eigenvalue weighted by atomic mass is 14.6. The summed E-state index contributed by atoms with van der Waals surface area (Å²) in [5.74, 6) is 0. The van der Waals surface area contributed by atoms with E-state index in [9.17, 15) is 0 Å². The zero-order chi connectivity index (χ0) is 10.7. The first-order valence-corrected chi connectivity index (χ1v) is 5.18. The third kappa shape index (κ3) is 1.68. The molecule has 1 atom stereocenters. The Morgan fingerprint density at radius 1 is 1.20 bits per heavy atom. The minimum atomic E-state index is -0.111. The largest absolute Gasteiger partial charge is 0.398 e. The van der Waals surface area contributed by atoms with Crippen molar-refractivity contribution in [1.82, 2.24) is 0 Å². The maximum absolute atomic E-state index is 6.00. The number of hydrogen-bond donors (Lipinski definition) is 2. The minimum absolute atomic E-state index is 0.111. The lowest BCUT2D eigenvalue weighted by Crippen LogP contribution is -2.34. The van der Waals surface area contributed by atoms with Crippen LogP contribution in [0.2, 0.25) is 0 Å². The van der Waals surface area contributed by atoms with Gasteiger partial charge in [-0.05, 0) is 18.1 Å². The third-order valence-electron chi connectivity index (χ3n) is 3.01. The molecule has 4 N–H and O–H groups in total. The molecular formula is C13H16N2. The Balaban J connectivity index is 2.47. The topological polar surface area (TPSA) is 52.0 Å². The van der Waals surface area contributed by atoms with Crippen LogP contribution in [-0.2, 0) is 5.41 Å². The number of anilines is 1. The fourth-order valence-corrected chi connectivity index (χ4v) is 2.08. The van der Waals surface area contributed by atoms with Crippen LogP contribution in [0.4, 0.5) is 5.69 Å². The van der Waals surface area contributed by atoms with Crippen molar-refractivity contribution in [3.05, 3.63) is 54.1 Å². The van der Waals surface area contributed by atoms with Crippen molar-refractivity contribution in [3.8, 4) is 0 Å². The summed E-state index contributed by atoms with van der Waals surface area (Å²) < 4.78 is 0. The fraction of sp³-hybridized carbons (Fsp3) is 0.231. The Hall–Kier alpha value is -1.54. The second-order valence-corrected chi connectivity index (χ2v) is 3.94. The second kappa shape index (κ2) is 3.91. The number of nitrogen functional groups attached to an aromatic ring is 1. The van der Waals surface area contributed by atoms with Crippen LogP contribution in [-0.4, -0.2) is 6.54 Å². The van der Waals surface area contributed by atoms with E-state index in [1.54, 1.807) is 0 Å². The molecule has 0 amide bonds. The van der Waals surface area contributed by atoms with Gasteiger partial charge < -0.3 is 11.5 Å². The average molecular weight is 200 g/mol. The normalized spacial score (nSPS) is 24.3. The van der Waals surface area contributed by atoms with Crippen molar-refractivity contribution in [2.75, 3.05) is 12.3 Å². The van der Waals surface area contributed by atoms with Gasteiger partial charge in [-0.1, -0.05) is 42.5 Å². The Morgan fingerprint density at radius 2 is 2.00 bits per heavy atom. The number of rotatable bonds is 2. The Bertz CT molecular complexity index is 407. The first-order valence-electron chi connectivity index (χ1n) is 5.18. The van der Waals surface area contributed by atoms with Gasteiger partial charge in [-0.3, -0.25) is 0 Å². The standard InChI is InChI=1S/C13H16N2/c14-10-13(8-4-1-5-9-13)11-6-2-3-7-12(11)15/h1-8H,9-10,14-15H2. The maximum Gasteiger partial charge on any atom is 0.0356 e. The highest BCUT2D eigenvalue weighted by Gasteiger charge is 2.29. The number of para-hydroxylation sites is 1. The first-order chi connectivity index (χ1) is 7.28. The van der Waals surface area contributed by atoms with Crippen molar-refractivity contribution in [3.63, 3.8) is 0 Å². The lowest BCUT2D eigenvalue weighted by molar-refractivity contribution is 0.552. The molecule has 0 spiro atoms. The molecule has 1 aromatic carbocycles. The number of nitrogens with two attached hydrogens (primary N) is 2. The summed E-state index contributed by atoms with van der Waals surface area (Å²) in [4.78, 5) is 0.